The van der Waals surface area contributed by atoms with Gasteiger partial charge in [-0.15, -0.1) is 0 Å². The van der Waals surface area contributed by atoms with Gasteiger partial charge >= 0.3 is 0 Å². The largest absolute Gasteiger partial charge is 0.508 e. The van der Waals surface area contributed by atoms with Gasteiger partial charge in [-0.1, -0.05) is 12.1 Å². The van der Waals surface area contributed by atoms with Crippen LogP contribution in [0.25, 0.3) is 22.8 Å². The van der Waals surface area contributed by atoms with Crippen molar-refractivity contribution in [2.45, 2.75) is 6.92 Å². The van der Waals surface area contributed by atoms with Crippen LogP contribution in [0, 0.1) is 6.92 Å². The first-order valence-electron chi connectivity index (χ1n) is 6.22. The van der Waals surface area contributed by atoms with Gasteiger partial charge in [-0.05, 0) is 42.8 Å². The highest BCUT2D eigenvalue weighted by molar-refractivity contribution is 5.65. The molecule has 1 aromatic heterocycles. The fourth-order valence-corrected chi connectivity index (χ4v) is 1.99. The molecule has 5 heteroatoms. The summed E-state index contributed by atoms with van der Waals surface area (Å²) in [7, 11) is 0. The van der Waals surface area contributed by atoms with Crippen molar-refractivity contribution in [2.24, 2.45) is 0 Å². The molecule has 0 fully saturated rings. The topological polar surface area (TPSA) is 87.8 Å². The van der Waals surface area contributed by atoms with Crippen LogP contribution in [0.5, 0.6) is 5.75 Å². The molecule has 4 N–H and O–H groups in total. The van der Waals surface area contributed by atoms with Crippen LogP contribution >= 0.6 is 0 Å². The van der Waals surface area contributed by atoms with Gasteiger partial charge in [-0.25, -0.2) is 4.98 Å². The summed E-state index contributed by atoms with van der Waals surface area (Å²) in [6, 6.07) is 12.6. The fourth-order valence-electron chi connectivity index (χ4n) is 1.99. The number of rotatable bonds is 2. The van der Waals surface area contributed by atoms with E-state index in [4.69, 9.17) is 5.73 Å². The lowest BCUT2D eigenvalue weighted by molar-refractivity contribution is 0.475. The molecule has 0 radical (unpaired) electrons. The summed E-state index contributed by atoms with van der Waals surface area (Å²) in [5.41, 5.74) is 9.25. The van der Waals surface area contributed by atoms with Crippen molar-refractivity contribution < 1.29 is 5.11 Å². The first kappa shape index (κ1) is 12.2. The Morgan fingerprint density at radius 3 is 2.70 bits per heavy atom. The summed E-state index contributed by atoms with van der Waals surface area (Å²) in [6.45, 7) is 1.95. The number of phenolic OH excluding ortho intramolecular Hbond substituents is 1. The molecule has 3 aromatic rings. The van der Waals surface area contributed by atoms with E-state index in [1.807, 2.05) is 31.2 Å². The SMILES string of the molecule is Cc1cc(-c2nc(-c3cccc(O)c3)n[nH]2)ccc1N. The molecular formula is C15H14N4O. The minimum Gasteiger partial charge on any atom is -0.508 e. The molecule has 0 unspecified atom stereocenters. The monoisotopic (exact) mass is 266 g/mol. The lowest BCUT2D eigenvalue weighted by atomic mass is 10.1. The second kappa shape index (κ2) is 4.70. The number of nitrogens with two attached hydrogens (primary N) is 1. The van der Waals surface area contributed by atoms with Gasteiger partial charge in [-0.3, -0.25) is 5.10 Å². The van der Waals surface area contributed by atoms with Crippen LogP contribution in [-0.2, 0) is 0 Å². The molecule has 5 nitrogen and oxygen atoms in total. The van der Waals surface area contributed by atoms with E-state index in [0.717, 1.165) is 22.4 Å². The number of hydrogen-bond donors (Lipinski definition) is 3. The van der Waals surface area contributed by atoms with E-state index < -0.39 is 0 Å². The third-order valence-electron chi connectivity index (χ3n) is 3.13. The Morgan fingerprint density at radius 2 is 1.95 bits per heavy atom. The van der Waals surface area contributed by atoms with E-state index in [1.165, 1.54) is 0 Å². The molecule has 0 aliphatic carbocycles. The first-order chi connectivity index (χ1) is 9.63. The maximum Gasteiger partial charge on any atom is 0.181 e. The molecule has 0 aliphatic rings. The van der Waals surface area contributed by atoms with Gasteiger partial charge in [-0.2, -0.15) is 5.10 Å². The quantitative estimate of drug-likeness (QED) is 0.622. The number of aromatic amines is 1. The molecule has 3 rings (SSSR count). The van der Waals surface area contributed by atoms with Crippen LogP contribution < -0.4 is 5.73 Å². The number of phenols is 1. The van der Waals surface area contributed by atoms with Gasteiger partial charge in [0.15, 0.2) is 11.6 Å². The second-order valence-corrected chi connectivity index (χ2v) is 4.63. The number of hydrogen-bond acceptors (Lipinski definition) is 4. The van der Waals surface area contributed by atoms with Crippen molar-refractivity contribution in [3.8, 4) is 28.5 Å². The molecule has 0 atom stereocenters. The second-order valence-electron chi connectivity index (χ2n) is 4.63. The molecule has 100 valence electrons. The third-order valence-corrected chi connectivity index (χ3v) is 3.13. The Hall–Kier alpha value is -2.82. The Balaban J connectivity index is 1.99. The van der Waals surface area contributed by atoms with E-state index in [-0.39, 0.29) is 5.75 Å². The first-order valence-corrected chi connectivity index (χ1v) is 6.22. The van der Waals surface area contributed by atoms with E-state index in [0.29, 0.717) is 11.6 Å². The summed E-state index contributed by atoms with van der Waals surface area (Å²) in [4.78, 5) is 4.44. The number of anilines is 1. The van der Waals surface area contributed by atoms with Crippen molar-refractivity contribution in [2.75, 3.05) is 5.73 Å². The van der Waals surface area contributed by atoms with E-state index in [9.17, 15) is 5.11 Å². The van der Waals surface area contributed by atoms with Gasteiger partial charge in [0, 0.05) is 16.8 Å². The molecule has 0 saturated carbocycles. The van der Waals surface area contributed by atoms with Crippen LogP contribution in [0.3, 0.4) is 0 Å². The number of nitrogens with zero attached hydrogens (tertiary/aromatic N) is 2. The predicted molar refractivity (Wildman–Crippen MR) is 78.1 cm³/mol. The number of aryl methyl sites for hydroxylation is 1. The Kier molecular flexibility index (Phi) is 2.87. The maximum absolute atomic E-state index is 9.49. The van der Waals surface area contributed by atoms with Gasteiger partial charge in [0.25, 0.3) is 0 Å². The van der Waals surface area contributed by atoms with E-state index >= 15 is 0 Å². The molecule has 2 aromatic carbocycles. The molecular weight excluding hydrogens is 252 g/mol. The van der Waals surface area contributed by atoms with Crippen molar-refractivity contribution in [3.05, 3.63) is 48.0 Å². The molecule has 0 amide bonds. The lowest BCUT2D eigenvalue weighted by Gasteiger charge is -2.01. The zero-order valence-corrected chi connectivity index (χ0v) is 11.0. The van der Waals surface area contributed by atoms with E-state index in [2.05, 4.69) is 15.2 Å². The zero-order valence-electron chi connectivity index (χ0n) is 11.0. The van der Waals surface area contributed by atoms with Crippen LogP contribution in [0.4, 0.5) is 5.69 Å². The summed E-state index contributed by atoms with van der Waals surface area (Å²) in [5.74, 6) is 1.41. The normalized spacial score (nSPS) is 10.7. The summed E-state index contributed by atoms with van der Waals surface area (Å²) in [6.07, 6.45) is 0. The average molecular weight is 266 g/mol. The molecule has 1 heterocycles. The molecule has 0 aliphatic heterocycles. The van der Waals surface area contributed by atoms with Crippen molar-refractivity contribution in [1.82, 2.24) is 15.2 Å². The molecule has 0 spiro atoms. The maximum atomic E-state index is 9.49. The summed E-state index contributed by atoms with van der Waals surface area (Å²) >= 11 is 0. The number of aromatic nitrogens is 3. The number of H-pyrrole nitrogens is 1. The molecule has 0 bridgehead atoms. The van der Waals surface area contributed by atoms with Gasteiger partial charge < -0.3 is 10.8 Å². The lowest BCUT2D eigenvalue weighted by Crippen LogP contribution is -1.90. The summed E-state index contributed by atoms with van der Waals surface area (Å²) < 4.78 is 0. The minimum absolute atomic E-state index is 0.192. The predicted octanol–water partition coefficient (Wildman–Crippen LogP) is 2.73. The van der Waals surface area contributed by atoms with Crippen molar-refractivity contribution in [3.63, 3.8) is 0 Å². The standard InChI is InChI=1S/C15H14N4O/c1-9-7-11(5-6-13(9)16)15-17-14(18-19-15)10-3-2-4-12(20)8-10/h2-8,20H,16H2,1H3,(H,17,18,19). The van der Waals surface area contributed by atoms with Crippen LogP contribution in [0.1, 0.15) is 5.56 Å². The van der Waals surface area contributed by atoms with Crippen LogP contribution in [-0.4, -0.2) is 20.3 Å². The average Bonchev–Trinajstić information content (AvgIpc) is 2.92. The van der Waals surface area contributed by atoms with Gasteiger partial charge in [0.1, 0.15) is 5.75 Å². The Labute approximate surface area is 116 Å². The van der Waals surface area contributed by atoms with E-state index in [1.54, 1.807) is 18.2 Å². The highest BCUT2D eigenvalue weighted by atomic mass is 16.3. The number of benzene rings is 2. The molecule has 20 heavy (non-hydrogen) atoms. The number of aromatic hydroxyl groups is 1. The van der Waals surface area contributed by atoms with Crippen LogP contribution in [0.2, 0.25) is 0 Å². The van der Waals surface area contributed by atoms with Crippen LogP contribution in [0.15, 0.2) is 42.5 Å². The number of nitrogens with one attached hydrogen (secondary N) is 1. The number of nitrogen functional groups attached to an aromatic ring is 1. The third kappa shape index (κ3) is 2.21. The Morgan fingerprint density at radius 1 is 1.10 bits per heavy atom. The van der Waals surface area contributed by atoms with Gasteiger partial charge in [0.05, 0.1) is 0 Å². The zero-order chi connectivity index (χ0) is 14.1. The Bertz CT molecular complexity index is 764. The highest BCUT2D eigenvalue weighted by Gasteiger charge is 2.09. The van der Waals surface area contributed by atoms with Crippen molar-refractivity contribution in [1.29, 1.82) is 0 Å². The fraction of sp³-hybridized carbons (Fsp3) is 0.0667. The molecule has 0 saturated heterocycles. The van der Waals surface area contributed by atoms with Gasteiger partial charge in [0.2, 0.25) is 0 Å². The minimum atomic E-state index is 0.192. The van der Waals surface area contributed by atoms with Crippen molar-refractivity contribution >= 4 is 5.69 Å². The summed E-state index contributed by atoms with van der Waals surface area (Å²) in [5, 5.41) is 16.6. The highest BCUT2D eigenvalue weighted by Crippen LogP contribution is 2.24. The smallest absolute Gasteiger partial charge is 0.181 e.